The number of benzene rings is 2. The van der Waals surface area contributed by atoms with E-state index in [4.69, 9.17) is 9.72 Å². The maximum absolute atomic E-state index is 13.1. The molecule has 0 aliphatic carbocycles. The first-order valence-corrected chi connectivity index (χ1v) is 9.77. The van der Waals surface area contributed by atoms with Crippen LogP contribution in [0.2, 0.25) is 0 Å². The van der Waals surface area contributed by atoms with Crippen molar-refractivity contribution in [2.45, 2.75) is 26.3 Å². The van der Waals surface area contributed by atoms with E-state index in [9.17, 15) is 4.79 Å². The lowest BCUT2D eigenvalue weighted by molar-refractivity contribution is 0.0912. The summed E-state index contributed by atoms with van der Waals surface area (Å²) < 4.78 is 6.95. The first kappa shape index (κ1) is 19.6. The minimum Gasteiger partial charge on any atom is -0.497 e. The van der Waals surface area contributed by atoms with E-state index < -0.39 is 0 Å². The highest BCUT2D eigenvalue weighted by Crippen LogP contribution is 2.26. The molecule has 0 radical (unpaired) electrons. The van der Waals surface area contributed by atoms with Gasteiger partial charge in [-0.2, -0.15) is 5.10 Å². The minimum absolute atomic E-state index is 0.207. The quantitative estimate of drug-likeness (QED) is 0.544. The zero-order chi connectivity index (χ0) is 21.3. The highest BCUT2D eigenvalue weighted by molar-refractivity contribution is 5.95. The molecule has 0 saturated carbocycles. The fraction of sp³-hybridized carbons (Fsp3) is 0.208. The summed E-state index contributed by atoms with van der Waals surface area (Å²) in [5.41, 5.74) is 3.93. The summed E-state index contributed by atoms with van der Waals surface area (Å²) in [6, 6.07) is 21.1. The molecule has 1 N–H and O–H groups in total. The van der Waals surface area contributed by atoms with Crippen molar-refractivity contribution in [3.05, 3.63) is 72.4 Å². The molecule has 0 saturated heterocycles. The predicted octanol–water partition coefficient (Wildman–Crippen LogP) is 4.60. The maximum atomic E-state index is 13.1. The molecule has 0 aliphatic heterocycles. The standard InChI is InChI=1S/C24H24N4O2/c1-24(2,3)26-23(29)21-14-19(17-11-8-12-18(13-17)30-4)25-22-15-20(27-28(21)22)16-9-6-5-7-10-16/h5-15H,1-4H3,(H,26,29). The molecule has 152 valence electrons. The number of ether oxygens (including phenoxy) is 1. The van der Waals surface area contributed by atoms with Gasteiger partial charge in [0.25, 0.3) is 5.91 Å². The summed E-state index contributed by atoms with van der Waals surface area (Å²) in [7, 11) is 1.63. The normalized spacial score (nSPS) is 11.5. The van der Waals surface area contributed by atoms with Crippen molar-refractivity contribution in [1.29, 1.82) is 0 Å². The second-order valence-corrected chi connectivity index (χ2v) is 8.13. The summed E-state index contributed by atoms with van der Waals surface area (Å²) in [4.78, 5) is 17.9. The van der Waals surface area contributed by atoms with Gasteiger partial charge in [-0.25, -0.2) is 9.50 Å². The van der Waals surface area contributed by atoms with Gasteiger partial charge in [-0.05, 0) is 39.0 Å². The third-order valence-electron chi connectivity index (χ3n) is 4.58. The van der Waals surface area contributed by atoms with Gasteiger partial charge in [-0.15, -0.1) is 0 Å². The van der Waals surface area contributed by atoms with Crippen molar-refractivity contribution in [3.8, 4) is 28.3 Å². The highest BCUT2D eigenvalue weighted by atomic mass is 16.5. The van der Waals surface area contributed by atoms with E-state index in [2.05, 4.69) is 10.4 Å². The first-order valence-electron chi connectivity index (χ1n) is 9.77. The van der Waals surface area contributed by atoms with Crippen LogP contribution in [0.25, 0.3) is 28.2 Å². The van der Waals surface area contributed by atoms with Gasteiger partial charge >= 0.3 is 0 Å². The monoisotopic (exact) mass is 400 g/mol. The molecule has 4 aromatic rings. The molecule has 30 heavy (non-hydrogen) atoms. The smallest absolute Gasteiger partial charge is 0.270 e. The highest BCUT2D eigenvalue weighted by Gasteiger charge is 2.21. The van der Waals surface area contributed by atoms with E-state index in [0.29, 0.717) is 17.0 Å². The molecular weight excluding hydrogens is 376 g/mol. The van der Waals surface area contributed by atoms with Crippen LogP contribution in [0, 0.1) is 0 Å². The van der Waals surface area contributed by atoms with Crippen LogP contribution < -0.4 is 10.1 Å². The second-order valence-electron chi connectivity index (χ2n) is 8.13. The van der Waals surface area contributed by atoms with Crippen molar-refractivity contribution in [3.63, 3.8) is 0 Å². The number of methoxy groups -OCH3 is 1. The Morgan fingerprint density at radius 2 is 1.67 bits per heavy atom. The Bertz CT molecular complexity index is 1210. The van der Waals surface area contributed by atoms with Crippen molar-refractivity contribution in [2.24, 2.45) is 0 Å². The Balaban J connectivity index is 1.90. The van der Waals surface area contributed by atoms with Crippen molar-refractivity contribution < 1.29 is 9.53 Å². The molecule has 1 amide bonds. The van der Waals surface area contributed by atoms with E-state index in [1.54, 1.807) is 17.7 Å². The Hall–Kier alpha value is -3.67. The number of aromatic nitrogens is 3. The number of hydrogen-bond acceptors (Lipinski definition) is 4. The van der Waals surface area contributed by atoms with Gasteiger partial charge < -0.3 is 10.1 Å². The molecule has 0 atom stereocenters. The van der Waals surface area contributed by atoms with Crippen LogP contribution in [0.15, 0.2) is 66.7 Å². The van der Waals surface area contributed by atoms with E-state index in [1.165, 1.54) is 0 Å². The lowest BCUT2D eigenvalue weighted by Gasteiger charge is -2.20. The fourth-order valence-corrected chi connectivity index (χ4v) is 3.22. The topological polar surface area (TPSA) is 68.5 Å². The van der Waals surface area contributed by atoms with E-state index >= 15 is 0 Å². The molecule has 0 fully saturated rings. The van der Waals surface area contributed by atoms with Crippen LogP contribution >= 0.6 is 0 Å². The Morgan fingerprint density at radius 3 is 2.37 bits per heavy atom. The van der Waals surface area contributed by atoms with E-state index in [-0.39, 0.29) is 11.4 Å². The van der Waals surface area contributed by atoms with Crippen LogP contribution in [0.3, 0.4) is 0 Å². The molecule has 6 heteroatoms. The summed E-state index contributed by atoms with van der Waals surface area (Å²) >= 11 is 0. The molecule has 0 unspecified atom stereocenters. The van der Waals surface area contributed by atoms with E-state index in [1.807, 2.05) is 81.4 Å². The average Bonchev–Trinajstić information content (AvgIpc) is 3.16. The number of rotatable bonds is 4. The molecular formula is C24H24N4O2. The van der Waals surface area contributed by atoms with Gasteiger partial charge in [0.15, 0.2) is 5.65 Å². The third-order valence-corrected chi connectivity index (χ3v) is 4.58. The number of nitrogens with zero attached hydrogens (tertiary/aromatic N) is 3. The molecule has 4 rings (SSSR count). The number of fused-ring (bicyclic) bond motifs is 1. The minimum atomic E-state index is -0.377. The summed E-state index contributed by atoms with van der Waals surface area (Å²) in [5, 5.41) is 7.70. The van der Waals surface area contributed by atoms with Gasteiger partial charge in [-0.1, -0.05) is 42.5 Å². The van der Waals surface area contributed by atoms with Crippen molar-refractivity contribution >= 4 is 11.6 Å². The van der Waals surface area contributed by atoms with E-state index in [0.717, 1.165) is 22.6 Å². The Kier molecular flexibility index (Phi) is 4.99. The average molecular weight is 400 g/mol. The maximum Gasteiger partial charge on any atom is 0.270 e. The summed E-state index contributed by atoms with van der Waals surface area (Å²) in [6.45, 7) is 5.85. The third kappa shape index (κ3) is 4.03. The lowest BCUT2D eigenvalue weighted by atomic mass is 10.1. The molecule has 6 nitrogen and oxygen atoms in total. The van der Waals surface area contributed by atoms with Crippen LogP contribution in [0.4, 0.5) is 0 Å². The summed E-state index contributed by atoms with van der Waals surface area (Å²) in [6.07, 6.45) is 0. The number of carbonyl (C=O) groups excluding carboxylic acids is 1. The Labute approximate surface area is 175 Å². The number of hydrogen-bond donors (Lipinski definition) is 1. The molecule has 2 aromatic carbocycles. The van der Waals surface area contributed by atoms with Crippen molar-refractivity contribution in [2.75, 3.05) is 7.11 Å². The molecule has 0 bridgehead atoms. The van der Waals surface area contributed by atoms with Gasteiger partial charge in [0.1, 0.15) is 11.4 Å². The first-order chi connectivity index (χ1) is 14.3. The van der Waals surface area contributed by atoms with Gasteiger partial charge in [0, 0.05) is 22.7 Å². The van der Waals surface area contributed by atoms with Crippen LogP contribution in [0.5, 0.6) is 5.75 Å². The number of nitrogens with one attached hydrogen (secondary N) is 1. The van der Waals surface area contributed by atoms with Crippen molar-refractivity contribution in [1.82, 2.24) is 19.9 Å². The van der Waals surface area contributed by atoms with Gasteiger partial charge in [0.2, 0.25) is 0 Å². The fourth-order valence-electron chi connectivity index (χ4n) is 3.22. The lowest BCUT2D eigenvalue weighted by Crippen LogP contribution is -2.41. The summed E-state index contributed by atoms with van der Waals surface area (Å²) in [5.74, 6) is 0.523. The van der Waals surface area contributed by atoms with Crippen LogP contribution in [0.1, 0.15) is 31.3 Å². The molecule has 0 spiro atoms. The number of amides is 1. The zero-order valence-corrected chi connectivity index (χ0v) is 17.5. The van der Waals surface area contributed by atoms with Gasteiger partial charge in [-0.3, -0.25) is 4.79 Å². The largest absolute Gasteiger partial charge is 0.497 e. The van der Waals surface area contributed by atoms with Crippen LogP contribution in [-0.2, 0) is 0 Å². The SMILES string of the molecule is COc1cccc(-c2cc(C(=O)NC(C)(C)C)n3nc(-c4ccccc4)cc3n2)c1. The number of carbonyl (C=O) groups is 1. The van der Waals surface area contributed by atoms with Crippen LogP contribution in [-0.4, -0.2) is 33.2 Å². The zero-order valence-electron chi connectivity index (χ0n) is 17.5. The predicted molar refractivity (Wildman–Crippen MR) is 118 cm³/mol. The second kappa shape index (κ2) is 7.63. The molecule has 0 aliphatic rings. The Morgan fingerprint density at radius 1 is 0.933 bits per heavy atom. The van der Waals surface area contributed by atoms with Gasteiger partial charge in [0.05, 0.1) is 18.5 Å². The molecule has 2 aromatic heterocycles. The molecule has 2 heterocycles.